The van der Waals surface area contributed by atoms with Gasteiger partial charge in [0, 0.05) is 49.3 Å². The van der Waals surface area contributed by atoms with E-state index in [-0.39, 0.29) is 12.0 Å². The molecule has 1 atom stereocenters. The number of aromatic nitrogens is 2. The van der Waals surface area contributed by atoms with Crippen LogP contribution in [0.15, 0.2) is 30.5 Å². The SMILES string of the molecule is Cc1cnc(CC2CCC(N[C@@H](C)CC(=O)OC(C)(C)C)CC2)cc1-c1cccc(NCC2(C#N)CCOCC2)n1. The van der Waals surface area contributed by atoms with E-state index in [2.05, 4.69) is 36.6 Å². The molecule has 1 saturated carbocycles. The second-order valence-corrected chi connectivity index (χ2v) is 13.0. The Morgan fingerprint density at radius 3 is 2.63 bits per heavy atom. The van der Waals surface area contributed by atoms with Gasteiger partial charge < -0.3 is 20.1 Å². The van der Waals surface area contributed by atoms with Crippen molar-refractivity contribution < 1.29 is 14.3 Å². The van der Waals surface area contributed by atoms with Crippen LogP contribution in [0.3, 0.4) is 0 Å². The van der Waals surface area contributed by atoms with Gasteiger partial charge in [0.1, 0.15) is 11.4 Å². The zero-order chi connectivity index (χ0) is 29.5. The third-order valence-corrected chi connectivity index (χ3v) is 8.24. The minimum atomic E-state index is -0.444. The Morgan fingerprint density at radius 2 is 1.95 bits per heavy atom. The second kappa shape index (κ2) is 13.8. The normalized spacial score (nSPS) is 21.5. The van der Waals surface area contributed by atoms with Gasteiger partial charge in [-0.1, -0.05) is 6.07 Å². The number of carbonyl (C=O) groups excluding carboxylic acids is 1. The fraction of sp³-hybridized carbons (Fsp3) is 0.636. The Hall–Kier alpha value is -3.02. The summed E-state index contributed by atoms with van der Waals surface area (Å²) in [5, 5.41) is 16.8. The summed E-state index contributed by atoms with van der Waals surface area (Å²) in [6.45, 7) is 11.7. The number of nitriles is 1. The molecule has 1 aliphatic heterocycles. The van der Waals surface area contributed by atoms with Crippen LogP contribution in [0.5, 0.6) is 0 Å². The highest BCUT2D eigenvalue weighted by Crippen LogP contribution is 2.32. The molecule has 1 aliphatic carbocycles. The van der Waals surface area contributed by atoms with Crippen LogP contribution in [0.2, 0.25) is 0 Å². The lowest BCUT2D eigenvalue weighted by atomic mass is 9.82. The molecular formula is C33H47N5O3. The Kier molecular flexibility index (Phi) is 10.4. The molecule has 2 aliphatic rings. The van der Waals surface area contributed by atoms with Crippen LogP contribution in [-0.4, -0.2) is 53.4 Å². The molecule has 1 saturated heterocycles. The molecule has 4 rings (SSSR count). The van der Waals surface area contributed by atoms with Gasteiger partial charge in [0.2, 0.25) is 0 Å². The first-order valence-electron chi connectivity index (χ1n) is 15.2. The number of nitrogens with zero attached hydrogens (tertiary/aromatic N) is 3. The topological polar surface area (TPSA) is 109 Å². The van der Waals surface area contributed by atoms with Crippen molar-refractivity contribution >= 4 is 11.8 Å². The first-order chi connectivity index (χ1) is 19.5. The van der Waals surface area contributed by atoms with E-state index in [9.17, 15) is 10.1 Å². The summed E-state index contributed by atoms with van der Waals surface area (Å²) in [5.41, 5.74) is 3.38. The van der Waals surface area contributed by atoms with E-state index in [0.29, 0.717) is 38.1 Å². The van der Waals surface area contributed by atoms with Crippen LogP contribution in [-0.2, 0) is 20.7 Å². The zero-order valence-electron chi connectivity index (χ0n) is 25.5. The molecule has 0 unspecified atom stereocenters. The number of rotatable bonds is 10. The van der Waals surface area contributed by atoms with Crippen LogP contribution in [0.25, 0.3) is 11.3 Å². The molecule has 0 aromatic carbocycles. The highest BCUT2D eigenvalue weighted by Gasteiger charge is 2.32. The van der Waals surface area contributed by atoms with E-state index in [1.165, 1.54) is 0 Å². The molecular weight excluding hydrogens is 514 g/mol. The Morgan fingerprint density at radius 1 is 1.22 bits per heavy atom. The second-order valence-electron chi connectivity index (χ2n) is 13.0. The van der Waals surface area contributed by atoms with E-state index < -0.39 is 11.0 Å². The molecule has 2 aromatic heterocycles. The maximum absolute atomic E-state index is 12.2. The van der Waals surface area contributed by atoms with Gasteiger partial charge in [-0.15, -0.1) is 0 Å². The summed E-state index contributed by atoms with van der Waals surface area (Å²) >= 11 is 0. The number of esters is 1. The number of hydrogen-bond donors (Lipinski definition) is 2. The monoisotopic (exact) mass is 561 g/mol. The molecule has 0 amide bonds. The van der Waals surface area contributed by atoms with Crippen molar-refractivity contribution in [3.63, 3.8) is 0 Å². The number of hydrogen-bond acceptors (Lipinski definition) is 8. The van der Waals surface area contributed by atoms with Crippen molar-refractivity contribution in [2.45, 2.75) is 104 Å². The van der Waals surface area contributed by atoms with Crippen LogP contribution < -0.4 is 10.6 Å². The number of nitrogens with one attached hydrogen (secondary N) is 2. The molecule has 3 heterocycles. The quantitative estimate of drug-likeness (QED) is 0.340. The van der Waals surface area contributed by atoms with Gasteiger partial charge in [-0.25, -0.2) is 4.98 Å². The maximum Gasteiger partial charge on any atom is 0.307 e. The number of pyridine rings is 2. The third kappa shape index (κ3) is 9.24. The predicted molar refractivity (Wildman–Crippen MR) is 161 cm³/mol. The molecule has 2 aromatic rings. The first-order valence-corrected chi connectivity index (χ1v) is 15.2. The highest BCUT2D eigenvalue weighted by molar-refractivity contribution is 5.70. The molecule has 0 radical (unpaired) electrons. The minimum Gasteiger partial charge on any atom is -0.460 e. The van der Waals surface area contributed by atoms with Crippen molar-refractivity contribution in [2.24, 2.45) is 11.3 Å². The lowest BCUT2D eigenvalue weighted by molar-refractivity contribution is -0.155. The molecule has 8 nitrogen and oxygen atoms in total. The zero-order valence-corrected chi connectivity index (χ0v) is 25.5. The molecule has 2 fully saturated rings. The summed E-state index contributed by atoms with van der Waals surface area (Å²) in [7, 11) is 0. The average molecular weight is 562 g/mol. The van der Waals surface area contributed by atoms with Crippen LogP contribution in [0.4, 0.5) is 5.82 Å². The number of anilines is 1. The molecule has 222 valence electrons. The summed E-state index contributed by atoms with van der Waals surface area (Å²) in [6, 6.07) is 11.3. The number of ether oxygens (including phenoxy) is 2. The fourth-order valence-electron chi connectivity index (χ4n) is 5.91. The maximum atomic E-state index is 12.2. The Bertz CT molecular complexity index is 1200. The van der Waals surface area contributed by atoms with Crippen molar-refractivity contribution in [3.05, 3.63) is 41.7 Å². The fourth-order valence-corrected chi connectivity index (χ4v) is 5.91. The van der Waals surface area contributed by atoms with Gasteiger partial charge in [-0.2, -0.15) is 5.26 Å². The van der Waals surface area contributed by atoms with Crippen molar-refractivity contribution in [1.29, 1.82) is 5.26 Å². The minimum absolute atomic E-state index is 0.104. The van der Waals surface area contributed by atoms with Crippen molar-refractivity contribution in [1.82, 2.24) is 15.3 Å². The number of carbonyl (C=O) groups is 1. The third-order valence-electron chi connectivity index (χ3n) is 8.24. The Balaban J connectivity index is 1.30. The van der Waals surface area contributed by atoms with E-state index >= 15 is 0 Å². The van der Waals surface area contributed by atoms with Crippen molar-refractivity contribution in [3.8, 4) is 17.3 Å². The lowest BCUT2D eigenvalue weighted by Crippen LogP contribution is -2.41. The largest absolute Gasteiger partial charge is 0.460 e. The van der Waals surface area contributed by atoms with E-state index in [4.69, 9.17) is 19.4 Å². The summed E-state index contributed by atoms with van der Waals surface area (Å²) in [6.07, 6.45) is 9.30. The number of aryl methyl sites for hydroxylation is 1. The van der Waals surface area contributed by atoms with Gasteiger partial charge in [0.05, 0.1) is 23.6 Å². The van der Waals surface area contributed by atoms with Crippen molar-refractivity contribution in [2.75, 3.05) is 25.1 Å². The lowest BCUT2D eigenvalue weighted by Gasteiger charge is -2.31. The molecule has 41 heavy (non-hydrogen) atoms. The molecule has 2 N–H and O–H groups in total. The molecule has 0 bridgehead atoms. The van der Waals surface area contributed by atoms with Crippen LogP contribution in [0, 0.1) is 29.6 Å². The first kappa shape index (κ1) is 30.9. The summed E-state index contributed by atoms with van der Waals surface area (Å²) in [4.78, 5) is 21.8. The molecule has 8 heteroatoms. The summed E-state index contributed by atoms with van der Waals surface area (Å²) < 4.78 is 10.9. The van der Waals surface area contributed by atoms with Gasteiger partial charge in [-0.3, -0.25) is 9.78 Å². The molecule has 0 spiro atoms. The van der Waals surface area contributed by atoms with Crippen LogP contribution >= 0.6 is 0 Å². The Labute approximate surface area is 245 Å². The van der Waals surface area contributed by atoms with Crippen LogP contribution in [0.1, 0.15) is 83.9 Å². The van der Waals surface area contributed by atoms with Gasteiger partial charge in [-0.05, 0) is 109 Å². The smallest absolute Gasteiger partial charge is 0.307 e. The van der Waals surface area contributed by atoms with Gasteiger partial charge in [0.15, 0.2) is 0 Å². The highest BCUT2D eigenvalue weighted by atomic mass is 16.6. The standard InChI is InChI=1S/C33H47N5O3/c1-23-20-35-27(18-25-9-11-26(12-10-25)37-24(2)17-31(39)41-32(3,4)5)19-28(23)29-7-6-8-30(38-29)36-22-33(21-34)13-15-40-16-14-33/h6-8,19-20,24-26,37H,9-18,22H2,1-5H3,(H,36,38)/t24-,25?,26?/m0/s1. The average Bonchev–Trinajstić information content (AvgIpc) is 2.93. The van der Waals surface area contributed by atoms with Gasteiger partial charge in [0.25, 0.3) is 0 Å². The predicted octanol–water partition coefficient (Wildman–Crippen LogP) is 6.00. The van der Waals surface area contributed by atoms with Gasteiger partial charge >= 0.3 is 5.97 Å². The van der Waals surface area contributed by atoms with E-state index in [1.807, 2.05) is 45.2 Å². The van der Waals surface area contributed by atoms with E-state index in [0.717, 1.165) is 73.3 Å². The van der Waals surface area contributed by atoms with E-state index in [1.54, 1.807) is 0 Å². The summed E-state index contributed by atoms with van der Waals surface area (Å²) in [5.74, 6) is 1.24.